The van der Waals surface area contributed by atoms with Crippen molar-refractivity contribution in [3.63, 3.8) is 0 Å². The summed E-state index contributed by atoms with van der Waals surface area (Å²) in [4.78, 5) is 29.2. The first kappa shape index (κ1) is 23.4. The van der Waals surface area contributed by atoms with E-state index in [2.05, 4.69) is 36.3 Å². The number of hydrogen-bond donors (Lipinski definition) is 1. The molecule has 1 amide bonds. The summed E-state index contributed by atoms with van der Waals surface area (Å²) in [7, 11) is 1.75. The van der Waals surface area contributed by atoms with Gasteiger partial charge in [-0.15, -0.1) is 11.3 Å². The van der Waals surface area contributed by atoms with Gasteiger partial charge in [-0.2, -0.15) is 10.4 Å². The van der Waals surface area contributed by atoms with Crippen molar-refractivity contribution in [3.05, 3.63) is 64.7 Å². The first-order valence-electron chi connectivity index (χ1n) is 11.5. The number of anilines is 2. The molecule has 0 saturated carbocycles. The highest BCUT2D eigenvalue weighted by atomic mass is 32.1. The zero-order valence-electron chi connectivity index (χ0n) is 20.1. The molecule has 0 unspecified atom stereocenters. The third-order valence-electron chi connectivity index (χ3n) is 5.71. The Labute approximate surface area is 212 Å². The molecule has 1 aliphatic rings. The number of aromatic nitrogens is 5. The highest BCUT2D eigenvalue weighted by Gasteiger charge is 2.27. The van der Waals surface area contributed by atoms with E-state index in [0.717, 1.165) is 21.6 Å². The summed E-state index contributed by atoms with van der Waals surface area (Å²) in [5.74, 6) is 0.893. The first-order valence-corrected chi connectivity index (χ1v) is 12.3. The molecule has 1 N–H and O–H groups in total. The standard InChI is InChI=1S/C25H24N8O2S/c1-15(2)35-22-8-16(4-6-27-22)17-10-28-25(29-11-17)33-7-5-19-20(9-26)24(36-21(19)14-33)31-23(34)18-12-30-32(3)13-18/h4,6,8,10-13,15H,5,7,14H2,1-3H3,(H,31,34). The van der Waals surface area contributed by atoms with Crippen LogP contribution in [0.25, 0.3) is 11.1 Å². The van der Waals surface area contributed by atoms with Crippen molar-refractivity contribution in [1.82, 2.24) is 24.7 Å². The van der Waals surface area contributed by atoms with Gasteiger partial charge in [0.25, 0.3) is 5.91 Å². The van der Waals surface area contributed by atoms with Gasteiger partial charge in [-0.05, 0) is 37.5 Å². The molecule has 5 heterocycles. The Kier molecular flexibility index (Phi) is 6.35. The lowest BCUT2D eigenvalue weighted by Gasteiger charge is -2.26. The van der Waals surface area contributed by atoms with Gasteiger partial charge in [-0.25, -0.2) is 15.0 Å². The number of nitriles is 1. The van der Waals surface area contributed by atoms with Crippen molar-refractivity contribution >= 4 is 28.2 Å². The monoisotopic (exact) mass is 500 g/mol. The fourth-order valence-corrected chi connectivity index (χ4v) is 5.23. The minimum Gasteiger partial charge on any atom is -0.475 e. The molecular weight excluding hydrogens is 476 g/mol. The number of fused-ring (bicyclic) bond motifs is 1. The number of aryl methyl sites for hydroxylation is 1. The molecule has 11 heteroatoms. The first-order chi connectivity index (χ1) is 17.4. The normalized spacial score (nSPS) is 12.8. The van der Waals surface area contributed by atoms with Gasteiger partial charge in [0.05, 0.1) is 30.0 Å². The van der Waals surface area contributed by atoms with E-state index in [1.807, 2.05) is 26.0 Å². The minimum absolute atomic E-state index is 0.0401. The lowest BCUT2D eigenvalue weighted by molar-refractivity contribution is 0.102. The molecule has 0 spiro atoms. The van der Waals surface area contributed by atoms with E-state index in [4.69, 9.17) is 4.74 Å². The fraction of sp³-hybridized carbons (Fsp3) is 0.280. The van der Waals surface area contributed by atoms with E-state index in [0.29, 0.717) is 47.5 Å². The Morgan fingerprint density at radius 2 is 2.03 bits per heavy atom. The zero-order valence-corrected chi connectivity index (χ0v) is 20.9. The Bertz CT molecular complexity index is 1450. The van der Waals surface area contributed by atoms with Gasteiger partial charge < -0.3 is 15.0 Å². The zero-order chi connectivity index (χ0) is 25.2. The predicted molar refractivity (Wildman–Crippen MR) is 136 cm³/mol. The van der Waals surface area contributed by atoms with Crippen LogP contribution in [0.3, 0.4) is 0 Å². The van der Waals surface area contributed by atoms with Gasteiger partial charge in [0.2, 0.25) is 11.8 Å². The maximum atomic E-state index is 12.6. The van der Waals surface area contributed by atoms with Crippen LogP contribution in [0.4, 0.5) is 10.9 Å². The second-order valence-electron chi connectivity index (χ2n) is 8.67. The van der Waals surface area contributed by atoms with Crippen LogP contribution in [-0.2, 0) is 20.0 Å². The van der Waals surface area contributed by atoms with Gasteiger partial charge in [0.1, 0.15) is 11.1 Å². The maximum Gasteiger partial charge on any atom is 0.259 e. The van der Waals surface area contributed by atoms with Crippen molar-refractivity contribution in [2.75, 3.05) is 16.8 Å². The smallest absolute Gasteiger partial charge is 0.259 e. The van der Waals surface area contributed by atoms with E-state index >= 15 is 0 Å². The van der Waals surface area contributed by atoms with Crippen LogP contribution in [0.1, 0.15) is 40.2 Å². The van der Waals surface area contributed by atoms with Crippen molar-refractivity contribution < 1.29 is 9.53 Å². The molecule has 0 bridgehead atoms. The number of hydrogen-bond acceptors (Lipinski definition) is 9. The number of thiophene rings is 1. The number of amides is 1. The molecule has 0 atom stereocenters. The minimum atomic E-state index is -0.285. The Morgan fingerprint density at radius 1 is 1.22 bits per heavy atom. The molecule has 0 fully saturated rings. The Morgan fingerprint density at radius 3 is 2.72 bits per heavy atom. The molecule has 0 saturated heterocycles. The van der Waals surface area contributed by atoms with E-state index in [1.54, 1.807) is 36.5 Å². The molecule has 0 aliphatic carbocycles. The molecule has 10 nitrogen and oxygen atoms in total. The van der Waals surface area contributed by atoms with Crippen LogP contribution in [0.2, 0.25) is 0 Å². The highest BCUT2D eigenvalue weighted by Crippen LogP contribution is 2.37. The average Bonchev–Trinajstić information content (AvgIpc) is 3.46. The van der Waals surface area contributed by atoms with E-state index in [-0.39, 0.29) is 12.0 Å². The molecule has 0 radical (unpaired) electrons. The van der Waals surface area contributed by atoms with Gasteiger partial charge in [-0.3, -0.25) is 9.48 Å². The summed E-state index contributed by atoms with van der Waals surface area (Å²) < 4.78 is 7.25. The second-order valence-corrected chi connectivity index (χ2v) is 9.77. The summed E-state index contributed by atoms with van der Waals surface area (Å²) in [5, 5.41) is 17.3. The molecule has 4 aromatic heterocycles. The molecule has 182 valence electrons. The van der Waals surface area contributed by atoms with E-state index in [9.17, 15) is 10.1 Å². The largest absolute Gasteiger partial charge is 0.475 e. The average molecular weight is 501 g/mol. The molecule has 1 aliphatic heterocycles. The summed E-state index contributed by atoms with van der Waals surface area (Å²) in [6, 6.07) is 6.05. The number of nitrogens with one attached hydrogen (secondary N) is 1. The number of carbonyl (C=O) groups is 1. The van der Waals surface area contributed by atoms with Gasteiger partial charge in [-0.1, -0.05) is 0 Å². The highest BCUT2D eigenvalue weighted by molar-refractivity contribution is 7.16. The predicted octanol–water partition coefficient (Wildman–Crippen LogP) is 3.81. The van der Waals surface area contributed by atoms with E-state index in [1.165, 1.54) is 17.5 Å². The number of nitrogens with zero attached hydrogens (tertiary/aromatic N) is 7. The lowest BCUT2D eigenvalue weighted by atomic mass is 10.0. The summed E-state index contributed by atoms with van der Waals surface area (Å²) >= 11 is 1.42. The van der Waals surface area contributed by atoms with Crippen LogP contribution < -0.4 is 15.0 Å². The summed E-state index contributed by atoms with van der Waals surface area (Å²) in [6.45, 7) is 5.16. The molecule has 36 heavy (non-hydrogen) atoms. The van der Waals surface area contributed by atoms with Crippen molar-refractivity contribution in [1.29, 1.82) is 5.26 Å². The molecular formula is C25H24N8O2S. The quantitative estimate of drug-likeness (QED) is 0.424. The fourth-order valence-electron chi connectivity index (χ4n) is 4.02. The molecule has 0 aromatic carbocycles. The van der Waals surface area contributed by atoms with Crippen LogP contribution in [0.5, 0.6) is 5.88 Å². The Balaban J connectivity index is 1.32. The number of carbonyl (C=O) groups excluding carboxylic acids is 1. The SMILES string of the molecule is CC(C)Oc1cc(-c2cnc(N3CCc4c(sc(NC(=O)c5cnn(C)c5)c4C#N)C3)nc2)ccn1. The maximum absolute atomic E-state index is 12.6. The second kappa shape index (κ2) is 9.75. The molecule has 5 rings (SSSR count). The van der Waals surface area contributed by atoms with Crippen molar-refractivity contribution in [3.8, 4) is 23.1 Å². The lowest BCUT2D eigenvalue weighted by Crippen LogP contribution is -2.31. The van der Waals surface area contributed by atoms with Gasteiger partial charge in [0.15, 0.2) is 0 Å². The van der Waals surface area contributed by atoms with E-state index < -0.39 is 0 Å². The van der Waals surface area contributed by atoms with Crippen LogP contribution >= 0.6 is 11.3 Å². The number of rotatable bonds is 6. The topological polar surface area (TPSA) is 122 Å². The van der Waals surface area contributed by atoms with Crippen molar-refractivity contribution in [2.24, 2.45) is 7.05 Å². The number of pyridine rings is 1. The van der Waals surface area contributed by atoms with Crippen LogP contribution in [0.15, 0.2) is 43.1 Å². The third kappa shape index (κ3) is 4.76. The Hall–Kier alpha value is -4.30. The van der Waals surface area contributed by atoms with Crippen molar-refractivity contribution in [2.45, 2.75) is 32.9 Å². The van der Waals surface area contributed by atoms with Crippen LogP contribution in [0, 0.1) is 11.3 Å². The third-order valence-corrected chi connectivity index (χ3v) is 6.84. The van der Waals surface area contributed by atoms with Gasteiger partial charge in [0, 0.05) is 54.9 Å². The number of ether oxygens (including phenoxy) is 1. The van der Waals surface area contributed by atoms with Crippen LogP contribution in [-0.4, -0.2) is 43.3 Å². The summed E-state index contributed by atoms with van der Waals surface area (Å²) in [6.07, 6.45) is 9.15. The van der Waals surface area contributed by atoms with Gasteiger partial charge >= 0.3 is 0 Å². The summed E-state index contributed by atoms with van der Waals surface area (Å²) in [5.41, 5.74) is 3.75. The molecule has 4 aromatic rings.